The van der Waals surface area contributed by atoms with E-state index in [0.29, 0.717) is 0 Å². The summed E-state index contributed by atoms with van der Waals surface area (Å²) < 4.78 is 5.01. The Morgan fingerprint density at radius 2 is 1.73 bits per heavy atom. The molecule has 0 aromatic heterocycles. The quantitative estimate of drug-likeness (QED) is 0.359. The topological polar surface area (TPSA) is 95.9 Å². The van der Waals surface area contributed by atoms with Gasteiger partial charge in [-0.2, -0.15) is 0 Å². The third kappa shape index (κ3) is 1.52. The molecule has 4 atom stereocenters. The predicted molar refractivity (Wildman–Crippen MR) is 36.8 cm³/mol. The molecule has 5 heteroatoms. The van der Waals surface area contributed by atoms with Crippen molar-refractivity contribution in [1.82, 2.24) is 0 Å². The summed E-state index contributed by atoms with van der Waals surface area (Å²) in [6.45, 7) is -0.149. The van der Waals surface area contributed by atoms with Crippen molar-refractivity contribution in [2.75, 3.05) is 13.2 Å². The molecule has 0 radical (unpaired) electrons. The van der Waals surface area contributed by atoms with Gasteiger partial charge in [0.25, 0.3) is 0 Å². The zero-order valence-electron chi connectivity index (χ0n) is 6.05. The summed E-state index contributed by atoms with van der Waals surface area (Å²) in [4.78, 5) is 0. The highest BCUT2D eigenvalue weighted by Crippen LogP contribution is 2.19. The van der Waals surface area contributed by atoms with E-state index in [4.69, 9.17) is 20.7 Å². The van der Waals surface area contributed by atoms with Gasteiger partial charge in [0.05, 0.1) is 12.7 Å². The monoisotopic (exact) mass is 163 g/mol. The summed E-state index contributed by atoms with van der Waals surface area (Å²) in [7, 11) is 0. The Morgan fingerprint density at radius 3 is 2.00 bits per heavy atom. The third-order valence-corrected chi connectivity index (χ3v) is 1.87. The maximum Gasteiger partial charge on any atom is 0.111 e. The molecule has 66 valence electrons. The van der Waals surface area contributed by atoms with Gasteiger partial charge in [0, 0.05) is 6.54 Å². The molecule has 1 fully saturated rings. The smallest absolute Gasteiger partial charge is 0.111 e. The summed E-state index contributed by atoms with van der Waals surface area (Å²) in [5.74, 6) is 0. The highest BCUT2D eigenvalue weighted by atomic mass is 16.6. The standard InChI is InChI=1S/C6H13NO4/c7-1-3-5(9)6(10)4(2-8)11-3/h3-6,8-10H,1-2,7H2/t3-,4+,5?,6-/m0/s1. The maximum atomic E-state index is 9.19. The van der Waals surface area contributed by atoms with Crippen LogP contribution in [0.5, 0.6) is 0 Å². The summed E-state index contributed by atoms with van der Waals surface area (Å²) in [5, 5.41) is 27.0. The van der Waals surface area contributed by atoms with Crippen molar-refractivity contribution in [1.29, 1.82) is 0 Å². The molecule has 0 aliphatic carbocycles. The van der Waals surface area contributed by atoms with Crippen LogP contribution < -0.4 is 5.73 Å². The van der Waals surface area contributed by atoms with Crippen LogP contribution in [0.1, 0.15) is 0 Å². The van der Waals surface area contributed by atoms with Gasteiger partial charge in [-0.25, -0.2) is 0 Å². The molecule has 5 N–H and O–H groups in total. The van der Waals surface area contributed by atoms with Gasteiger partial charge in [-0.3, -0.25) is 0 Å². The average Bonchev–Trinajstić information content (AvgIpc) is 2.30. The van der Waals surface area contributed by atoms with E-state index in [1.807, 2.05) is 0 Å². The van der Waals surface area contributed by atoms with Crippen LogP contribution in [0.2, 0.25) is 0 Å². The molecule has 1 unspecified atom stereocenters. The fourth-order valence-corrected chi connectivity index (χ4v) is 1.17. The molecule has 1 rings (SSSR count). The second-order valence-corrected chi connectivity index (χ2v) is 2.61. The lowest BCUT2D eigenvalue weighted by Crippen LogP contribution is -2.36. The summed E-state index contributed by atoms with van der Waals surface area (Å²) in [6.07, 6.45) is -3.24. The van der Waals surface area contributed by atoms with Crippen LogP contribution in [0, 0.1) is 0 Å². The maximum absolute atomic E-state index is 9.19. The van der Waals surface area contributed by atoms with E-state index in [-0.39, 0.29) is 13.2 Å². The lowest BCUT2D eigenvalue weighted by molar-refractivity contribution is -0.0193. The van der Waals surface area contributed by atoms with Gasteiger partial charge in [-0.15, -0.1) is 0 Å². The Kier molecular flexibility index (Phi) is 2.80. The van der Waals surface area contributed by atoms with Crippen molar-refractivity contribution in [2.45, 2.75) is 24.4 Å². The van der Waals surface area contributed by atoms with Crippen molar-refractivity contribution in [3.63, 3.8) is 0 Å². The highest BCUT2D eigenvalue weighted by molar-refractivity contribution is 4.90. The molecule has 5 nitrogen and oxygen atoms in total. The van der Waals surface area contributed by atoms with Crippen LogP contribution in [0.4, 0.5) is 0 Å². The molecule has 1 aliphatic rings. The van der Waals surface area contributed by atoms with Crippen LogP contribution in [-0.4, -0.2) is 52.9 Å². The first-order valence-electron chi connectivity index (χ1n) is 3.53. The molecular formula is C6H13NO4. The van der Waals surface area contributed by atoms with E-state index in [2.05, 4.69) is 0 Å². The number of hydrogen-bond acceptors (Lipinski definition) is 5. The zero-order valence-corrected chi connectivity index (χ0v) is 6.05. The average molecular weight is 163 g/mol. The van der Waals surface area contributed by atoms with Crippen molar-refractivity contribution >= 4 is 0 Å². The molecule has 1 heterocycles. The van der Waals surface area contributed by atoms with Crippen molar-refractivity contribution in [3.8, 4) is 0 Å². The molecule has 0 bridgehead atoms. The van der Waals surface area contributed by atoms with Crippen molar-refractivity contribution in [3.05, 3.63) is 0 Å². The van der Waals surface area contributed by atoms with Crippen LogP contribution >= 0.6 is 0 Å². The number of aliphatic hydroxyl groups excluding tert-OH is 3. The molecular weight excluding hydrogens is 150 g/mol. The molecule has 1 saturated heterocycles. The summed E-state index contributed by atoms with van der Waals surface area (Å²) in [5.41, 5.74) is 5.23. The van der Waals surface area contributed by atoms with Gasteiger partial charge >= 0.3 is 0 Å². The Balaban J connectivity index is 2.53. The van der Waals surface area contributed by atoms with Gasteiger partial charge in [0.15, 0.2) is 0 Å². The van der Waals surface area contributed by atoms with Gasteiger partial charge in [-0.1, -0.05) is 0 Å². The van der Waals surface area contributed by atoms with E-state index in [9.17, 15) is 5.11 Å². The fraction of sp³-hybridized carbons (Fsp3) is 1.00. The second kappa shape index (κ2) is 3.46. The van der Waals surface area contributed by atoms with Crippen molar-refractivity contribution in [2.24, 2.45) is 5.73 Å². The first-order valence-corrected chi connectivity index (χ1v) is 3.53. The van der Waals surface area contributed by atoms with Crippen LogP contribution in [0.15, 0.2) is 0 Å². The Hall–Kier alpha value is -0.200. The van der Waals surface area contributed by atoms with E-state index in [1.165, 1.54) is 0 Å². The van der Waals surface area contributed by atoms with Gasteiger partial charge < -0.3 is 25.8 Å². The normalized spacial score (nSPS) is 44.7. The first kappa shape index (κ1) is 8.89. The Labute approximate surface area is 64.4 Å². The Morgan fingerprint density at radius 1 is 1.18 bits per heavy atom. The summed E-state index contributed by atoms with van der Waals surface area (Å²) in [6, 6.07) is 0. The highest BCUT2D eigenvalue weighted by Gasteiger charge is 2.41. The molecule has 1 aliphatic heterocycles. The van der Waals surface area contributed by atoms with Gasteiger partial charge in [-0.05, 0) is 0 Å². The molecule has 0 saturated carbocycles. The van der Waals surface area contributed by atoms with E-state index in [1.54, 1.807) is 0 Å². The number of hydrogen-bond donors (Lipinski definition) is 4. The molecule has 0 spiro atoms. The van der Waals surface area contributed by atoms with Gasteiger partial charge in [0.1, 0.15) is 18.3 Å². The van der Waals surface area contributed by atoms with Crippen LogP contribution in [-0.2, 0) is 4.74 Å². The summed E-state index contributed by atoms with van der Waals surface area (Å²) >= 11 is 0. The first-order chi connectivity index (χ1) is 5.20. The number of nitrogens with two attached hydrogens (primary N) is 1. The number of ether oxygens (including phenoxy) is 1. The van der Waals surface area contributed by atoms with E-state index in [0.717, 1.165) is 0 Å². The fourth-order valence-electron chi connectivity index (χ4n) is 1.17. The van der Waals surface area contributed by atoms with Gasteiger partial charge in [0.2, 0.25) is 0 Å². The van der Waals surface area contributed by atoms with E-state index < -0.39 is 24.4 Å². The molecule has 0 aromatic carbocycles. The van der Waals surface area contributed by atoms with Crippen LogP contribution in [0.3, 0.4) is 0 Å². The number of rotatable bonds is 2. The van der Waals surface area contributed by atoms with Crippen molar-refractivity contribution < 1.29 is 20.1 Å². The Bertz CT molecular complexity index is 114. The molecule has 0 aromatic rings. The SMILES string of the molecule is NC[C@@H]1O[C@H](CO)[C@H](O)C1O. The number of aliphatic hydroxyl groups is 3. The lowest BCUT2D eigenvalue weighted by atomic mass is 10.1. The minimum atomic E-state index is -1.02. The van der Waals surface area contributed by atoms with E-state index >= 15 is 0 Å². The second-order valence-electron chi connectivity index (χ2n) is 2.61. The molecule has 0 amide bonds. The zero-order chi connectivity index (χ0) is 8.43. The molecule has 11 heavy (non-hydrogen) atoms. The van der Waals surface area contributed by atoms with Crippen LogP contribution in [0.25, 0.3) is 0 Å². The minimum absolute atomic E-state index is 0.148. The lowest BCUT2D eigenvalue weighted by Gasteiger charge is -2.11. The predicted octanol–water partition coefficient (Wildman–Crippen LogP) is -2.57. The minimum Gasteiger partial charge on any atom is -0.394 e. The largest absolute Gasteiger partial charge is 0.394 e. The third-order valence-electron chi connectivity index (χ3n) is 1.87.